The molecule has 0 aromatic carbocycles. The molecule has 328 valence electrons. The van der Waals surface area contributed by atoms with Crippen molar-refractivity contribution in [1.82, 2.24) is 4.90 Å². The Labute approximate surface area is 344 Å². The molecule has 0 aliphatic heterocycles. The van der Waals surface area contributed by atoms with Crippen LogP contribution >= 0.6 is 0 Å². The Bertz CT molecular complexity index is 1050. The van der Waals surface area contributed by atoms with Crippen molar-refractivity contribution in [2.24, 2.45) is 0 Å². The Morgan fingerprint density at radius 1 is 0.536 bits per heavy atom. The second-order valence-corrected chi connectivity index (χ2v) is 17.2. The van der Waals surface area contributed by atoms with Crippen LogP contribution in [0.2, 0.25) is 0 Å². The molecular formula is C45H85N2O8S+. The summed E-state index contributed by atoms with van der Waals surface area (Å²) >= 11 is 0. The van der Waals surface area contributed by atoms with Crippen LogP contribution < -0.4 is 4.90 Å². The van der Waals surface area contributed by atoms with Gasteiger partial charge < -0.3 is 19.3 Å². The standard InChI is InChI=1S/C45H84N2O8S/c1-5-7-9-11-13-15-17-19-21-23-25-27-29-31-33-35-44(49)53-39-37-47(43(48)41-46(3)42-55-56(4,51)52)38-40-54-45(50)36-34-32-30-28-26-24-22-20-18-16-14-12-10-8-6-2/h19-22H,5-18,23-42H2,1-4H3/p+1. The summed E-state index contributed by atoms with van der Waals surface area (Å²) in [7, 11) is -1.98. The molecule has 1 amide bonds. The number of carbonyl (C=O) groups excluding carboxylic acids is 3. The molecule has 0 spiro atoms. The molecule has 0 heterocycles. The van der Waals surface area contributed by atoms with Crippen LogP contribution in [0.4, 0.5) is 0 Å². The van der Waals surface area contributed by atoms with E-state index in [1.807, 2.05) is 0 Å². The Kier molecular flexibility index (Phi) is 38.0. The third kappa shape index (κ3) is 40.0. The number of nitrogens with zero attached hydrogens (tertiary/aromatic N) is 1. The Hall–Kier alpha value is -2.24. The zero-order valence-corrected chi connectivity index (χ0v) is 37.3. The van der Waals surface area contributed by atoms with E-state index in [0.717, 1.165) is 70.5 Å². The van der Waals surface area contributed by atoms with Crippen LogP contribution in [0.1, 0.15) is 194 Å². The average Bonchev–Trinajstić information content (AvgIpc) is 3.16. The van der Waals surface area contributed by atoms with Crippen LogP contribution in [-0.4, -0.2) is 84.0 Å². The second-order valence-electron chi connectivity index (χ2n) is 15.6. The van der Waals surface area contributed by atoms with Crippen LogP contribution in [-0.2, 0) is 38.2 Å². The second kappa shape index (κ2) is 39.6. The number of unbranched alkanes of at least 4 members (excludes halogenated alkanes) is 22. The van der Waals surface area contributed by atoms with E-state index in [4.69, 9.17) is 13.7 Å². The molecule has 1 atom stereocenters. The minimum absolute atomic E-state index is 0.0265. The van der Waals surface area contributed by atoms with Gasteiger partial charge in [0.1, 0.15) is 13.2 Å². The van der Waals surface area contributed by atoms with E-state index in [9.17, 15) is 22.8 Å². The number of carbonyl (C=O) groups is 3. The smallest absolute Gasteiger partial charge is 0.305 e. The first kappa shape index (κ1) is 53.8. The van der Waals surface area contributed by atoms with Gasteiger partial charge >= 0.3 is 11.9 Å². The molecule has 0 fully saturated rings. The van der Waals surface area contributed by atoms with Gasteiger partial charge in [-0.1, -0.05) is 141 Å². The molecule has 0 saturated carbocycles. The molecule has 0 radical (unpaired) electrons. The zero-order valence-electron chi connectivity index (χ0n) is 36.5. The molecule has 10 nitrogen and oxygen atoms in total. The van der Waals surface area contributed by atoms with Gasteiger partial charge in [-0.2, -0.15) is 8.42 Å². The van der Waals surface area contributed by atoms with E-state index in [0.29, 0.717) is 17.7 Å². The van der Waals surface area contributed by atoms with Gasteiger partial charge in [-0.25, -0.2) is 4.18 Å². The maximum Gasteiger partial charge on any atom is 0.305 e. The van der Waals surface area contributed by atoms with Gasteiger partial charge in [-0.3, -0.25) is 14.4 Å². The number of rotatable bonds is 41. The SMILES string of the molecule is CCCCCCCCC=CCCCCCCCC(=O)OCCN(CCOC(=O)CCCCCCCC=CCCCCCCCC)C(=O)C[NH+](C)COS(C)(=O)=O. The fourth-order valence-corrected chi connectivity index (χ4v) is 6.77. The van der Waals surface area contributed by atoms with Crippen molar-refractivity contribution < 1.29 is 41.4 Å². The summed E-state index contributed by atoms with van der Waals surface area (Å²) in [4.78, 5) is 39.9. The lowest BCUT2D eigenvalue weighted by Crippen LogP contribution is -3.10. The lowest BCUT2D eigenvalue weighted by molar-refractivity contribution is -0.888. The lowest BCUT2D eigenvalue weighted by Gasteiger charge is -2.23. The van der Waals surface area contributed by atoms with Crippen molar-refractivity contribution in [1.29, 1.82) is 0 Å². The summed E-state index contributed by atoms with van der Waals surface area (Å²) in [6, 6.07) is 0. The van der Waals surface area contributed by atoms with Gasteiger partial charge in [0.15, 0.2) is 13.3 Å². The molecular weight excluding hydrogens is 729 g/mol. The first-order valence-corrected chi connectivity index (χ1v) is 24.4. The van der Waals surface area contributed by atoms with Crippen molar-refractivity contribution in [2.75, 3.05) is 52.9 Å². The van der Waals surface area contributed by atoms with Crippen molar-refractivity contribution in [3.05, 3.63) is 24.3 Å². The highest BCUT2D eigenvalue weighted by Crippen LogP contribution is 2.12. The number of allylic oxidation sites excluding steroid dienone is 4. The molecule has 11 heteroatoms. The average molecular weight is 814 g/mol. The number of likely N-dealkylation sites (N-methyl/N-ethyl adjacent to an activating group) is 1. The number of amides is 1. The summed E-state index contributed by atoms with van der Waals surface area (Å²) in [5.74, 6) is -0.849. The molecule has 1 N–H and O–H groups in total. The molecule has 0 aromatic heterocycles. The molecule has 0 bridgehead atoms. The predicted octanol–water partition coefficient (Wildman–Crippen LogP) is 9.42. The maximum absolute atomic E-state index is 13.1. The fourth-order valence-electron chi connectivity index (χ4n) is 6.35. The quantitative estimate of drug-likeness (QED) is 0.0213. The molecule has 0 rings (SSSR count). The van der Waals surface area contributed by atoms with Crippen molar-refractivity contribution in [2.45, 2.75) is 194 Å². The number of esters is 2. The monoisotopic (exact) mass is 814 g/mol. The molecule has 0 aliphatic rings. The van der Waals surface area contributed by atoms with Gasteiger partial charge in [0.25, 0.3) is 16.0 Å². The molecule has 0 saturated heterocycles. The first-order valence-electron chi connectivity index (χ1n) is 22.6. The van der Waals surface area contributed by atoms with E-state index in [1.54, 1.807) is 7.05 Å². The highest BCUT2D eigenvalue weighted by molar-refractivity contribution is 7.85. The van der Waals surface area contributed by atoms with Crippen LogP contribution in [0, 0.1) is 0 Å². The normalized spacial score (nSPS) is 12.4. The Morgan fingerprint density at radius 3 is 1.23 bits per heavy atom. The largest absolute Gasteiger partial charge is 0.464 e. The summed E-state index contributed by atoms with van der Waals surface area (Å²) in [5, 5.41) is 0. The van der Waals surface area contributed by atoms with Crippen LogP contribution in [0.25, 0.3) is 0 Å². The summed E-state index contributed by atoms with van der Waals surface area (Å²) in [6.45, 7) is 4.67. The summed E-state index contributed by atoms with van der Waals surface area (Å²) in [6.07, 6.45) is 41.9. The van der Waals surface area contributed by atoms with Gasteiger partial charge in [0, 0.05) is 12.8 Å². The molecule has 0 aromatic rings. The van der Waals surface area contributed by atoms with Crippen molar-refractivity contribution in [3.8, 4) is 0 Å². The number of hydrogen-bond donors (Lipinski definition) is 1. The molecule has 56 heavy (non-hydrogen) atoms. The van der Waals surface area contributed by atoms with E-state index in [1.165, 1.54) is 108 Å². The van der Waals surface area contributed by atoms with Crippen LogP contribution in [0.3, 0.4) is 0 Å². The van der Waals surface area contributed by atoms with Crippen LogP contribution in [0.15, 0.2) is 24.3 Å². The Morgan fingerprint density at radius 2 is 0.875 bits per heavy atom. The van der Waals surface area contributed by atoms with Gasteiger partial charge in [-0.05, 0) is 64.2 Å². The predicted molar refractivity (Wildman–Crippen MR) is 230 cm³/mol. The summed E-state index contributed by atoms with van der Waals surface area (Å²) < 4.78 is 38.5. The highest BCUT2D eigenvalue weighted by Gasteiger charge is 2.20. The fraction of sp³-hybridized carbons (Fsp3) is 0.844. The van der Waals surface area contributed by atoms with E-state index in [-0.39, 0.29) is 57.4 Å². The number of nitrogens with one attached hydrogen (secondary N) is 1. The molecule has 0 aliphatic carbocycles. The van der Waals surface area contributed by atoms with E-state index in [2.05, 4.69) is 38.2 Å². The number of hydrogen-bond acceptors (Lipinski definition) is 8. The van der Waals surface area contributed by atoms with Gasteiger partial charge in [-0.15, -0.1) is 0 Å². The van der Waals surface area contributed by atoms with Crippen molar-refractivity contribution >= 4 is 28.0 Å². The lowest BCUT2D eigenvalue weighted by atomic mass is 10.1. The molecule has 1 unspecified atom stereocenters. The maximum atomic E-state index is 13.1. The van der Waals surface area contributed by atoms with Gasteiger partial charge in [0.2, 0.25) is 0 Å². The topological polar surface area (TPSA) is 121 Å². The van der Waals surface area contributed by atoms with Crippen LogP contribution in [0.5, 0.6) is 0 Å². The number of ether oxygens (including phenoxy) is 2. The third-order valence-electron chi connectivity index (χ3n) is 9.86. The number of quaternary nitrogens is 1. The van der Waals surface area contributed by atoms with E-state index < -0.39 is 10.1 Å². The van der Waals surface area contributed by atoms with Crippen molar-refractivity contribution in [3.63, 3.8) is 0 Å². The minimum atomic E-state index is -3.64. The Balaban J connectivity index is 4.29. The minimum Gasteiger partial charge on any atom is -0.464 e. The summed E-state index contributed by atoms with van der Waals surface area (Å²) in [5.41, 5.74) is 0. The van der Waals surface area contributed by atoms with Gasteiger partial charge in [0.05, 0.1) is 26.4 Å². The van der Waals surface area contributed by atoms with E-state index >= 15 is 0 Å². The zero-order chi connectivity index (χ0) is 41.4. The first-order chi connectivity index (χ1) is 27.1. The third-order valence-corrected chi connectivity index (χ3v) is 10.4. The highest BCUT2D eigenvalue weighted by atomic mass is 32.2.